The Morgan fingerprint density at radius 2 is 2.17 bits per heavy atom. The van der Waals surface area contributed by atoms with Crippen LogP contribution in [0.5, 0.6) is 5.75 Å². The molecular formula is C19H19F2N3O6. The van der Waals surface area contributed by atoms with Crippen molar-refractivity contribution in [2.24, 2.45) is 0 Å². The average molecular weight is 423 g/mol. The van der Waals surface area contributed by atoms with Crippen molar-refractivity contribution in [1.82, 2.24) is 9.55 Å². The molecule has 2 aromatic rings. The third kappa shape index (κ3) is 3.44. The van der Waals surface area contributed by atoms with Crippen molar-refractivity contribution in [2.45, 2.75) is 43.8 Å². The first-order valence-corrected chi connectivity index (χ1v) is 9.23. The minimum Gasteiger partial charge on any atom is -0.490 e. The number of hydrogen-bond donors (Lipinski definition) is 3. The van der Waals surface area contributed by atoms with Gasteiger partial charge in [0.1, 0.15) is 23.8 Å². The Morgan fingerprint density at radius 3 is 2.83 bits per heavy atom. The first-order chi connectivity index (χ1) is 14.2. The topological polar surface area (TPSA) is 123 Å². The lowest BCUT2D eigenvalue weighted by Crippen LogP contribution is -2.41. The third-order valence-electron chi connectivity index (χ3n) is 5.04. The summed E-state index contributed by atoms with van der Waals surface area (Å²) >= 11 is 0. The van der Waals surface area contributed by atoms with Gasteiger partial charge in [0.05, 0.1) is 6.61 Å². The number of carbonyl (C=O) groups is 1. The summed E-state index contributed by atoms with van der Waals surface area (Å²) in [6.45, 7) is 1.08. The van der Waals surface area contributed by atoms with Crippen molar-refractivity contribution >= 4 is 11.7 Å². The summed E-state index contributed by atoms with van der Waals surface area (Å²) in [4.78, 5) is 28.3. The predicted octanol–water partition coefficient (Wildman–Crippen LogP) is 0.705. The van der Waals surface area contributed by atoms with Gasteiger partial charge in [-0.3, -0.25) is 9.36 Å². The molecule has 2 aliphatic rings. The van der Waals surface area contributed by atoms with Gasteiger partial charge in [0.2, 0.25) is 6.23 Å². The third-order valence-corrected chi connectivity index (χ3v) is 5.04. The standard InChI is InChI=1S/C19H19F2N3O6/c1-9-6-11-7-10(2-3-12(11)29-9)16(27)22-14-4-5-24(18(28)23-14)17-19(20,21)15(26)13(8-25)30-17/h2-5,7,9,13,15,17,25-26H,6,8H2,1H3,(H,22,23,27,28)/t9?,13-,15-,17?/m1/s1. The average Bonchev–Trinajstić information content (AvgIpc) is 3.18. The number of ether oxygens (including phenoxy) is 2. The fraction of sp³-hybridized carbons (Fsp3) is 0.421. The Morgan fingerprint density at radius 1 is 1.40 bits per heavy atom. The fourth-order valence-electron chi connectivity index (χ4n) is 3.53. The van der Waals surface area contributed by atoms with E-state index >= 15 is 0 Å². The van der Waals surface area contributed by atoms with E-state index in [9.17, 15) is 23.5 Å². The van der Waals surface area contributed by atoms with Crippen LogP contribution in [0.3, 0.4) is 0 Å². The molecule has 2 unspecified atom stereocenters. The van der Waals surface area contributed by atoms with Crippen molar-refractivity contribution < 1.29 is 33.3 Å². The van der Waals surface area contributed by atoms with Gasteiger partial charge >= 0.3 is 11.6 Å². The number of fused-ring (bicyclic) bond motifs is 1. The molecule has 11 heteroatoms. The molecule has 3 N–H and O–H groups in total. The maximum Gasteiger partial charge on any atom is 0.351 e. The van der Waals surface area contributed by atoms with Crippen LogP contribution in [0, 0.1) is 0 Å². The van der Waals surface area contributed by atoms with Crippen LogP contribution in [-0.2, 0) is 11.2 Å². The number of nitrogens with zero attached hydrogens (tertiary/aromatic N) is 2. The van der Waals surface area contributed by atoms with Crippen LogP contribution in [0.15, 0.2) is 35.3 Å². The van der Waals surface area contributed by atoms with Gasteiger partial charge in [-0.1, -0.05) is 0 Å². The van der Waals surface area contributed by atoms with E-state index in [1.54, 1.807) is 18.2 Å². The monoisotopic (exact) mass is 423 g/mol. The number of aliphatic hydroxyl groups is 2. The van der Waals surface area contributed by atoms with Gasteiger partial charge in [-0.05, 0) is 36.8 Å². The molecule has 1 aromatic heterocycles. The van der Waals surface area contributed by atoms with Crippen molar-refractivity contribution in [3.8, 4) is 5.75 Å². The lowest BCUT2D eigenvalue weighted by Gasteiger charge is -2.21. The molecule has 1 amide bonds. The van der Waals surface area contributed by atoms with Gasteiger partial charge in [-0.25, -0.2) is 4.79 Å². The normalized spacial score (nSPS) is 26.8. The van der Waals surface area contributed by atoms with Crippen LogP contribution in [-0.4, -0.2) is 56.5 Å². The van der Waals surface area contributed by atoms with E-state index in [4.69, 9.17) is 14.6 Å². The second kappa shape index (κ2) is 7.42. The highest BCUT2D eigenvalue weighted by Crippen LogP contribution is 2.42. The Labute approximate surface area is 168 Å². The summed E-state index contributed by atoms with van der Waals surface area (Å²) in [5, 5.41) is 21.1. The van der Waals surface area contributed by atoms with E-state index in [0.717, 1.165) is 17.8 Å². The lowest BCUT2D eigenvalue weighted by molar-refractivity contribution is -0.140. The van der Waals surface area contributed by atoms with Crippen molar-refractivity contribution in [3.05, 3.63) is 52.1 Å². The van der Waals surface area contributed by atoms with Crippen molar-refractivity contribution in [1.29, 1.82) is 0 Å². The van der Waals surface area contributed by atoms with Crippen LogP contribution in [0.25, 0.3) is 0 Å². The molecule has 0 aliphatic carbocycles. The summed E-state index contributed by atoms with van der Waals surface area (Å²) < 4.78 is 39.4. The second-order valence-corrected chi connectivity index (χ2v) is 7.24. The molecule has 3 heterocycles. The number of carbonyl (C=O) groups excluding carboxylic acids is 1. The highest BCUT2D eigenvalue weighted by atomic mass is 19.3. The van der Waals surface area contributed by atoms with Gasteiger partial charge in [-0.2, -0.15) is 13.8 Å². The lowest BCUT2D eigenvalue weighted by atomic mass is 10.1. The summed E-state index contributed by atoms with van der Waals surface area (Å²) in [7, 11) is 0. The molecule has 0 spiro atoms. The van der Waals surface area contributed by atoms with Crippen LogP contribution in [0.4, 0.5) is 14.6 Å². The molecule has 1 saturated heterocycles. The van der Waals surface area contributed by atoms with E-state index < -0.39 is 42.6 Å². The first kappa shape index (κ1) is 20.4. The molecular weight excluding hydrogens is 404 g/mol. The Hall–Kier alpha value is -2.89. The number of aromatic nitrogens is 2. The number of halogens is 2. The molecule has 0 bridgehead atoms. The summed E-state index contributed by atoms with van der Waals surface area (Å²) in [5.41, 5.74) is 0.104. The fourth-order valence-corrected chi connectivity index (χ4v) is 3.53. The van der Waals surface area contributed by atoms with Gasteiger partial charge in [0, 0.05) is 18.2 Å². The number of alkyl halides is 2. The Bertz CT molecular complexity index is 1040. The molecule has 2 aliphatic heterocycles. The molecule has 9 nitrogen and oxygen atoms in total. The molecule has 0 saturated carbocycles. The SMILES string of the molecule is CC1Cc2cc(C(=O)Nc3ccn(C4O[C@H](CO)[C@@H](O)C4(F)F)c(=O)n3)ccc2O1. The minimum absolute atomic E-state index is 0.0208. The zero-order valence-corrected chi connectivity index (χ0v) is 15.8. The van der Waals surface area contributed by atoms with Gasteiger partial charge in [0.25, 0.3) is 5.91 Å². The summed E-state index contributed by atoms with van der Waals surface area (Å²) in [5.74, 6) is -3.76. The number of hydrogen-bond acceptors (Lipinski definition) is 7. The molecule has 30 heavy (non-hydrogen) atoms. The van der Waals surface area contributed by atoms with E-state index in [2.05, 4.69) is 10.3 Å². The number of amides is 1. The van der Waals surface area contributed by atoms with Gasteiger partial charge < -0.3 is 25.0 Å². The maximum atomic E-state index is 14.2. The van der Waals surface area contributed by atoms with Crippen LogP contribution in [0.1, 0.15) is 29.1 Å². The zero-order chi connectivity index (χ0) is 21.6. The van der Waals surface area contributed by atoms with E-state index in [-0.39, 0.29) is 11.9 Å². The zero-order valence-electron chi connectivity index (χ0n) is 15.8. The minimum atomic E-state index is -3.81. The van der Waals surface area contributed by atoms with Crippen molar-refractivity contribution in [3.63, 3.8) is 0 Å². The smallest absolute Gasteiger partial charge is 0.351 e. The highest BCUT2D eigenvalue weighted by molar-refractivity contribution is 6.04. The molecule has 160 valence electrons. The van der Waals surface area contributed by atoms with Crippen molar-refractivity contribution in [2.75, 3.05) is 11.9 Å². The Balaban J connectivity index is 1.52. The first-order valence-electron chi connectivity index (χ1n) is 9.23. The molecule has 1 aromatic carbocycles. The predicted molar refractivity (Wildman–Crippen MR) is 98.6 cm³/mol. The summed E-state index contributed by atoms with van der Waals surface area (Å²) in [6.07, 6.45) is -4.27. The molecule has 4 atom stereocenters. The number of nitrogens with one attached hydrogen (secondary N) is 1. The maximum absolute atomic E-state index is 14.2. The van der Waals surface area contributed by atoms with E-state index in [0.29, 0.717) is 22.3 Å². The molecule has 1 fully saturated rings. The largest absolute Gasteiger partial charge is 0.490 e. The van der Waals surface area contributed by atoms with E-state index in [1.165, 1.54) is 0 Å². The second-order valence-electron chi connectivity index (χ2n) is 7.24. The van der Waals surface area contributed by atoms with Crippen LogP contribution >= 0.6 is 0 Å². The number of aliphatic hydroxyl groups excluding tert-OH is 2. The number of anilines is 1. The van der Waals surface area contributed by atoms with Gasteiger partial charge in [-0.15, -0.1) is 0 Å². The molecule has 4 rings (SSSR count). The van der Waals surface area contributed by atoms with Crippen LogP contribution < -0.4 is 15.7 Å². The quantitative estimate of drug-likeness (QED) is 0.662. The van der Waals surface area contributed by atoms with E-state index in [1.807, 2.05) is 6.92 Å². The highest BCUT2D eigenvalue weighted by Gasteiger charge is 2.59. The van der Waals surface area contributed by atoms with Gasteiger partial charge in [0.15, 0.2) is 6.10 Å². The van der Waals surface area contributed by atoms with Crippen LogP contribution in [0.2, 0.25) is 0 Å². The summed E-state index contributed by atoms with van der Waals surface area (Å²) in [6, 6.07) is 6.09. The Kier molecular flexibility index (Phi) is 5.04. The number of rotatable bonds is 4. The molecule has 0 radical (unpaired) electrons. The number of benzene rings is 1.